The van der Waals surface area contributed by atoms with Crippen molar-refractivity contribution in [2.45, 2.75) is 52.6 Å². The van der Waals surface area contributed by atoms with E-state index < -0.39 is 10.0 Å². The van der Waals surface area contributed by atoms with Gasteiger partial charge in [-0.15, -0.1) is 0 Å². The average molecular weight is 522 g/mol. The molecule has 1 aromatic heterocycles. The zero-order valence-corrected chi connectivity index (χ0v) is 22.4. The number of benzene rings is 1. The summed E-state index contributed by atoms with van der Waals surface area (Å²) in [5.41, 5.74) is 3.17. The summed E-state index contributed by atoms with van der Waals surface area (Å²) in [5.74, 6) is 0.526. The number of hydrogen-bond acceptors (Lipinski definition) is 7. The summed E-state index contributed by atoms with van der Waals surface area (Å²) in [6.07, 6.45) is 4.65. The molecule has 192 valence electrons. The Hall–Kier alpha value is -2.17. The molecule has 35 heavy (non-hydrogen) atoms. The molecule has 1 saturated heterocycles. The fourth-order valence-corrected chi connectivity index (χ4v) is 6.70. The summed E-state index contributed by atoms with van der Waals surface area (Å²) in [5, 5.41) is 0.646. The van der Waals surface area contributed by atoms with Crippen molar-refractivity contribution in [3.8, 4) is 5.19 Å². The van der Waals surface area contributed by atoms with Gasteiger partial charge in [-0.2, -0.15) is 4.31 Å². The molecule has 0 saturated carbocycles. The largest absolute Gasteiger partial charge is 0.467 e. The van der Waals surface area contributed by atoms with Crippen molar-refractivity contribution in [3.63, 3.8) is 0 Å². The van der Waals surface area contributed by atoms with Crippen molar-refractivity contribution < 1.29 is 22.7 Å². The molecule has 0 bridgehead atoms. The lowest BCUT2D eigenvalue weighted by Crippen LogP contribution is -2.42. The van der Waals surface area contributed by atoms with E-state index in [9.17, 15) is 13.2 Å². The molecule has 0 spiro atoms. The number of amides is 1. The number of carbonyl (C=O) groups is 1. The van der Waals surface area contributed by atoms with Gasteiger partial charge in [0.15, 0.2) is 0 Å². The van der Waals surface area contributed by atoms with Gasteiger partial charge in [0.1, 0.15) is 6.10 Å². The first-order valence-corrected chi connectivity index (χ1v) is 14.8. The third kappa shape index (κ3) is 6.54. The van der Waals surface area contributed by atoms with Crippen LogP contribution in [-0.4, -0.2) is 73.3 Å². The van der Waals surface area contributed by atoms with Gasteiger partial charge in [-0.05, 0) is 42.0 Å². The van der Waals surface area contributed by atoms with Crippen molar-refractivity contribution in [1.82, 2.24) is 14.2 Å². The van der Waals surface area contributed by atoms with E-state index in [1.807, 2.05) is 32.9 Å². The van der Waals surface area contributed by atoms with Crippen LogP contribution in [0.2, 0.25) is 0 Å². The molecule has 2 aliphatic heterocycles. The molecule has 4 rings (SSSR count). The zero-order chi connectivity index (χ0) is 25.0. The van der Waals surface area contributed by atoms with E-state index >= 15 is 0 Å². The maximum Gasteiger partial charge on any atom is 0.409 e. The highest BCUT2D eigenvalue weighted by Crippen LogP contribution is 2.33. The Morgan fingerprint density at radius 2 is 2.00 bits per heavy atom. The summed E-state index contributed by atoms with van der Waals surface area (Å²) < 4.78 is 38.8. The number of aromatic nitrogens is 1. The van der Waals surface area contributed by atoms with Crippen LogP contribution in [0.25, 0.3) is 15.8 Å². The smallest absolute Gasteiger partial charge is 0.409 e. The Labute approximate surface area is 212 Å². The molecule has 2 aliphatic rings. The maximum absolute atomic E-state index is 12.3. The molecule has 1 amide bonds. The minimum atomic E-state index is -3.16. The van der Waals surface area contributed by atoms with E-state index in [0.29, 0.717) is 56.7 Å². The molecule has 8 nitrogen and oxygen atoms in total. The molecular weight excluding hydrogens is 486 g/mol. The Morgan fingerprint density at radius 1 is 1.23 bits per heavy atom. The molecule has 1 aromatic carbocycles. The van der Waals surface area contributed by atoms with E-state index in [1.54, 1.807) is 9.21 Å². The molecule has 1 fully saturated rings. The van der Waals surface area contributed by atoms with E-state index in [4.69, 9.17) is 9.47 Å². The number of carbonyl (C=O) groups excluding carboxylic acids is 1. The molecule has 10 heteroatoms. The van der Waals surface area contributed by atoms with Crippen LogP contribution in [0.3, 0.4) is 0 Å². The monoisotopic (exact) mass is 521 g/mol. The summed E-state index contributed by atoms with van der Waals surface area (Å²) in [4.78, 5) is 18.6. The predicted molar refractivity (Wildman–Crippen MR) is 139 cm³/mol. The highest BCUT2D eigenvalue weighted by molar-refractivity contribution is 7.89. The summed E-state index contributed by atoms with van der Waals surface area (Å²) in [6.45, 7) is 8.56. The number of likely N-dealkylation sites (tertiary alicyclic amines) is 1. The Morgan fingerprint density at radius 3 is 2.66 bits per heavy atom. The topological polar surface area (TPSA) is 89.0 Å². The molecule has 0 unspecified atom stereocenters. The van der Waals surface area contributed by atoms with Gasteiger partial charge in [0.25, 0.3) is 5.19 Å². The van der Waals surface area contributed by atoms with Gasteiger partial charge in [-0.1, -0.05) is 44.3 Å². The Balaban J connectivity index is 1.34. The minimum absolute atomic E-state index is 0.0290. The SMILES string of the molecule is CCCS(=O)(=O)N1CC=C(c2ccc3nc(OC4CCN(C(=O)OCC(C)C)CC4)sc3c2)CC1. The van der Waals surface area contributed by atoms with Crippen LogP contribution in [0.4, 0.5) is 4.79 Å². The fourth-order valence-electron chi connectivity index (χ4n) is 4.33. The first-order valence-electron chi connectivity index (χ1n) is 12.4. The van der Waals surface area contributed by atoms with Gasteiger partial charge >= 0.3 is 6.09 Å². The van der Waals surface area contributed by atoms with Crippen LogP contribution in [0.1, 0.15) is 52.0 Å². The second kappa shape index (κ2) is 11.3. The zero-order valence-electron chi connectivity index (χ0n) is 20.7. The van der Waals surface area contributed by atoms with Crippen LogP contribution >= 0.6 is 11.3 Å². The summed E-state index contributed by atoms with van der Waals surface area (Å²) in [6, 6.07) is 6.17. The van der Waals surface area contributed by atoms with E-state index in [0.717, 1.165) is 28.6 Å². The molecule has 2 aromatic rings. The van der Waals surface area contributed by atoms with Crippen LogP contribution in [0.15, 0.2) is 24.3 Å². The van der Waals surface area contributed by atoms with Gasteiger partial charge in [-0.3, -0.25) is 0 Å². The van der Waals surface area contributed by atoms with Crippen molar-refractivity contribution in [2.24, 2.45) is 5.92 Å². The number of nitrogens with zero attached hydrogens (tertiary/aromatic N) is 3. The number of sulfonamides is 1. The normalized spacial score (nSPS) is 18.2. The number of thiazole rings is 1. The standard InChI is InChI=1S/C25H35N3O5S2/c1-4-15-35(30,31)28-13-7-19(8-14-28)20-5-6-22-23(16-20)34-24(26-22)33-21-9-11-27(12-10-21)25(29)32-17-18(2)3/h5-7,16,18,21H,4,8-15,17H2,1-3H3. The van der Waals surface area contributed by atoms with Crippen LogP contribution in [0.5, 0.6) is 5.19 Å². The van der Waals surface area contributed by atoms with Gasteiger partial charge in [0, 0.05) is 39.0 Å². The minimum Gasteiger partial charge on any atom is -0.467 e. The third-order valence-corrected chi connectivity index (χ3v) is 9.23. The number of piperidine rings is 1. The van der Waals surface area contributed by atoms with Crippen molar-refractivity contribution in [2.75, 3.05) is 38.5 Å². The van der Waals surface area contributed by atoms with Gasteiger partial charge in [-0.25, -0.2) is 18.2 Å². The molecular formula is C25H35N3O5S2. The first kappa shape index (κ1) is 25.9. The number of rotatable bonds is 8. The molecule has 3 heterocycles. The second-order valence-corrected chi connectivity index (χ2v) is 12.7. The lowest BCUT2D eigenvalue weighted by atomic mass is 10.0. The molecule has 0 atom stereocenters. The highest BCUT2D eigenvalue weighted by atomic mass is 32.2. The van der Waals surface area contributed by atoms with Crippen molar-refractivity contribution in [3.05, 3.63) is 29.8 Å². The average Bonchev–Trinajstić information content (AvgIpc) is 3.24. The van der Waals surface area contributed by atoms with Crippen molar-refractivity contribution >= 4 is 43.2 Å². The fraction of sp³-hybridized carbons (Fsp3) is 0.600. The van der Waals surface area contributed by atoms with Gasteiger partial charge < -0.3 is 14.4 Å². The van der Waals surface area contributed by atoms with Gasteiger partial charge in [0.05, 0.1) is 22.6 Å². The molecule has 0 N–H and O–H groups in total. The van der Waals surface area contributed by atoms with Crippen LogP contribution in [0, 0.1) is 5.92 Å². The third-order valence-electron chi connectivity index (χ3n) is 6.27. The lowest BCUT2D eigenvalue weighted by Gasteiger charge is -2.31. The van der Waals surface area contributed by atoms with E-state index in [2.05, 4.69) is 17.1 Å². The van der Waals surface area contributed by atoms with Gasteiger partial charge in [0.2, 0.25) is 10.0 Å². The number of ether oxygens (including phenoxy) is 2. The summed E-state index contributed by atoms with van der Waals surface area (Å²) >= 11 is 1.53. The molecule has 0 aliphatic carbocycles. The lowest BCUT2D eigenvalue weighted by molar-refractivity contribution is 0.0618. The Bertz CT molecular complexity index is 1170. The molecule has 0 radical (unpaired) electrons. The van der Waals surface area contributed by atoms with Crippen LogP contribution < -0.4 is 4.74 Å². The van der Waals surface area contributed by atoms with E-state index in [-0.39, 0.29) is 18.0 Å². The number of hydrogen-bond donors (Lipinski definition) is 0. The van der Waals surface area contributed by atoms with E-state index in [1.165, 1.54) is 16.9 Å². The Kier molecular flexibility index (Phi) is 8.34. The predicted octanol–water partition coefficient (Wildman–Crippen LogP) is 4.76. The quantitative estimate of drug-likeness (QED) is 0.498. The summed E-state index contributed by atoms with van der Waals surface area (Å²) in [7, 11) is -3.16. The van der Waals surface area contributed by atoms with Crippen molar-refractivity contribution in [1.29, 1.82) is 0 Å². The first-order chi connectivity index (χ1) is 16.7. The maximum atomic E-state index is 12.3. The highest BCUT2D eigenvalue weighted by Gasteiger charge is 2.26. The number of fused-ring (bicyclic) bond motifs is 1. The second-order valence-electron chi connectivity index (χ2n) is 9.59. The van der Waals surface area contributed by atoms with Crippen LogP contribution in [-0.2, 0) is 14.8 Å².